The molecule has 1 amide bonds. The molecule has 1 aromatic heterocycles. The molecule has 0 aliphatic carbocycles. The highest BCUT2D eigenvalue weighted by Gasteiger charge is 2.31. The van der Waals surface area contributed by atoms with E-state index in [2.05, 4.69) is 11.1 Å². The van der Waals surface area contributed by atoms with Crippen LogP contribution in [0.25, 0.3) is 11.5 Å². The monoisotopic (exact) mass is 376 g/mol. The predicted octanol–water partition coefficient (Wildman–Crippen LogP) is 4.56. The molecule has 2 heterocycles. The number of likely N-dealkylation sites (tertiary alicyclic amines) is 1. The summed E-state index contributed by atoms with van der Waals surface area (Å²) in [5.74, 6) is 2.16. The van der Waals surface area contributed by atoms with Crippen molar-refractivity contribution in [1.29, 1.82) is 0 Å². The predicted molar refractivity (Wildman–Crippen MR) is 107 cm³/mol. The molecule has 28 heavy (non-hydrogen) atoms. The van der Waals surface area contributed by atoms with Crippen molar-refractivity contribution in [2.75, 3.05) is 13.7 Å². The zero-order chi connectivity index (χ0) is 19.5. The van der Waals surface area contributed by atoms with Crippen LogP contribution in [0.15, 0.2) is 59.0 Å². The number of aromatic nitrogens is 1. The molecule has 1 fully saturated rings. The molecule has 2 aromatic carbocycles. The van der Waals surface area contributed by atoms with Crippen LogP contribution in [0, 0.1) is 6.92 Å². The Kier molecular flexibility index (Phi) is 5.15. The minimum Gasteiger partial charge on any atom is -0.497 e. The molecule has 0 bridgehead atoms. The minimum absolute atomic E-state index is 0.0846. The summed E-state index contributed by atoms with van der Waals surface area (Å²) in [7, 11) is 1.66. The van der Waals surface area contributed by atoms with Crippen LogP contribution in [0.1, 0.15) is 35.9 Å². The summed E-state index contributed by atoms with van der Waals surface area (Å²) in [4.78, 5) is 19.6. The first-order valence-corrected chi connectivity index (χ1v) is 9.61. The summed E-state index contributed by atoms with van der Waals surface area (Å²) < 4.78 is 11.1. The lowest BCUT2D eigenvalue weighted by atomic mass is 10.0. The van der Waals surface area contributed by atoms with Gasteiger partial charge in [0.1, 0.15) is 11.5 Å². The summed E-state index contributed by atoms with van der Waals surface area (Å²) in [6, 6.07) is 17.8. The normalized spacial score (nSPS) is 16.4. The lowest BCUT2D eigenvalue weighted by Crippen LogP contribution is -2.32. The van der Waals surface area contributed by atoms with Crippen LogP contribution in [-0.2, 0) is 11.2 Å². The van der Waals surface area contributed by atoms with Gasteiger partial charge in [-0.15, -0.1) is 0 Å². The van der Waals surface area contributed by atoms with Gasteiger partial charge in [0.15, 0.2) is 0 Å². The Morgan fingerprint density at radius 1 is 1.21 bits per heavy atom. The van der Waals surface area contributed by atoms with E-state index >= 15 is 0 Å². The highest BCUT2D eigenvalue weighted by Crippen LogP contribution is 2.34. The lowest BCUT2D eigenvalue weighted by molar-refractivity contribution is -0.131. The van der Waals surface area contributed by atoms with Crippen molar-refractivity contribution in [3.05, 3.63) is 71.6 Å². The van der Waals surface area contributed by atoms with Gasteiger partial charge in [0.2, 0.25) is 11.8 Å². The number of amides is 1. The third kappa shape index (κ3) is 3.65. The number of oxazole rings is 1. The largest absolute Gasteiger partial charge is 0.497 e. The zero-order valence-electron chi connectivity index (χ0n) is 16.2. The Labute approximate surface area is 165 Å². The van der Waals surface area contributed by atoms with Gasteiger partial charge in [-0.25, -0.2) is 4.98 Å². The fraction of sp³-hybridized carbons (Fsp3) is 0.304. The molecule has 5 heteroatoms. The van der Waals surface area contributed by atoms with E-state index < -0.39 is 0 Å². The van der Waals surface area contributed by atoms with Crippen LogP contribution < -0.4 is 4.74 Å². The molecule has 1 saturated heterocycles. The summed E-state index contributed by atoms with van der Waals surface area (Å²) in [5, 5.41) is 0. The highest BCUT2D eigenvalue weighted by atomic mass is 16.5. The van der Waals surface area contributed by atoms with Crippen LogP contribution >= 0.6 is 0 Å². The highest BCUT2D eigenvalue weighted by molar-refractivity contribution is 5.79. The molecular weight excluding hydrogens is 352 g/mol. The van der Waals surface area contributed by atoms with E-state index in [1.165, 1.54) is 0 Å². The van der Waals surface area contributed by atoms with Crippen LogP contribution in [0.2, 0.25) is 0 Å². The van der Waals surface area contributed by atoms with Crippen LogP contribution in [0.5, 0.6) is 5.75 Å². The topological polar surface area (TPSA) is 55.6 Å². The minimum atomic E-state index is 0.0846. The molecule has 1 aliphatic heterocycles. The Morgan fingerprint density at radius 2 is 2.04 bits per heavy atom. The number of ether oxygens (including phenoxy) is 1. The van der Waals surface area contributed by atoms with E-state index in [0.29, 0.717) is 17.3 Å². The molecule has 3 aromatic rings. The fourth-order valence-electron chi connectivity index (χ4n) is 3.80. The maximum atomic E-state index is 13.1. The Morgan fingerprint density at radius 3 is 2.82 bits per heavy atom. The standard InChI is InChI=1S/C23H24N2O3/c1-16-20(24-23(28-16)17-8-4-3-5-9-17)15-22(26)25-13-7-12-21(25)18-10-6-11-19(14-18)27-2/h3-6,8-11,14,21H,7,12-13,15H2,1-2H3. The molecule has 0 saturated carbocycles. The van der Waals surface area contributed by atoms with Crippen molar-refractivity contribution in [3.63, 3.8) is 0 Å². The molecule has 0 spiro atoms. The number of carbonyl (C=O) groups excluding carboxylic acids is 1. The molecule has 1 atom stereocenters. The Hall–Kier alpha value is -3.08. The number of carbonyl (C=O) groups is 1. The van der Waals surface area contributed by atoms with Crippen LogP contribution in [0.3, 0.4) is 0 Å². The molecule has 1 aliphatic rings. The summed E-state index contributed by atoms with van der Waals surface area (Å²) in [6.07, 6.45) is 2.22. The van der Waals surface area contributed by atoms with Gasteiger partial charge in [-0.3, -0.25) is 4.79 Å². The average molecular weight is 376 g/mol. The van der Waals surface area contributed by atoms with Crippen molar-refractivity contribution in [1.82, 2.24) is 9.88 Å². The molecular formula is C23H24N2O3. The molecule has 0 radical (unpaired) electrons. The molecule has 0 N–H and O–H groups in total. The first kappa shape index (κ1) is 18.3. The molecule has 144 valence electrons. The maximum Gasteiger partial charge on any atom is 0.229 e. The van der Waals surface area contributed by atoms with Gasteiger partial charge in [0, 0.05) is 12.1 Å². The quantitative estimate of drug-likeness (QED) is 0.655. The van der Waals surface area contributed by atoms with Crippen molar-refractivity contribution in [2.24, 2.45) is 0 Å². The number of hydrogen-bond acceptors (Lipinski definition) is 4. The summed E-state index contributed by atoms with van der Waals surface area (Å²) in [6.45, 7) is 2.63. The van der Waals surface area contributed by atoms with Crippen LogP contribution in [0.4, 0.5) is 0 Å². The number of hydrogen-bond donors (Lipinski definition) is 0. The van der Waals surface area contributed by atoms with Gasteiger partial charge < -0.3 is 14.1 Å². The van der Waals surface area contributed by atoms with Crippen molar-refractivity contribution in [2.45, 2.75) is 32.2 Å². The van der Waals surface area contributed by atoms with Gasteiger partial charge in [-0.1, -0.05) is 30.3 Å². The van der Waals surface area contributed by atoms with Gasteiger partial charge in [0.25, 0.3) is 0 Å². The van der Waals surface area contributed by atoms with E-state index in [4.69, 9.17) is 9.15 Å². The number of benzene rings is 2. The lowest BCUT2D eigenvalue weighted by Gasteiger charge is -2.25. The molecule has 5 nitrogen and oxygen atoms in total. The van der Waals surface area contributed by atoms with E-state index in [0.717, 1.165) is 36.3 Å². The Bertz CT molecular complexity index is 965. The third-order valence-corrected chi connectivity index (χ3v) is 5.28. The van der Waals surface area contributed by atoms with Gasteiger partial charge in [-0.05, 0) is 49.6 Å². The van der Waals surface area contributed by atoms with E-state index in [1.54, 1.807) is 7.11 Å². The molecule has 4 rings (SSSR count). The van der Waals surface area contributed by atoms with E-state index in [9.17, 15) is 4.79 Å². The van der Waals surface area contributed by atoms with Gasteiger partial charge in [-0.2, -0.15) is 0 Å². The molecule has 1 unspecified atom stereocenters. The Balaban J connectivity index is 1.52. The maximum absolute atomic E-state index is 13.1. The zero-order valence-corrected chi connectivity index (χ0v) is 16.2. The third-order valence-electron chi connectivity index (χ3n) is 5.28. The number of methoxy groups -OCH3 is 1. The average Bonchev–Trinajstić information content (AvgIpc) is 3.36. The first-order chi connectivity index (χ1) is 13.7. The number of aryl methyl sites for hydroxylation is 1. The fourth-order valence-corrected chi connectivity index (χ4v) is 3.80. The number of rotatable bonds is 5. The second kappa shape index (κ2) is 7.89. The smallest absolute Gasteiger partial charge is 0.229 e. The van der Waals surface area contributed by atoms with Gasteiger partial charge >= 0.3 is 0 Å². The SMILES string of the molecule is COc1cccc(C2CCCN2C(=O)Cc2nc(-c3ccccc3)oc2C)c1. The first-order valence-electron chi connectivity index (χ1n) is 9.61. The van der Waals surface area contributed by atoms with Crippen molar-refractivity contribution < 1.29 is 13.9 Å². The van der Waals surface area contributed by atoms with E-state index in [1.807, 2.05) is 60.4 Å². The van der Waals surface area contributed by atoms with Crippen molar-refractivity contribution in [3.8, 4) is 17.2 Å². The summed E-state index contributed by atoms with van der Waals surface area (Å²) >= 11 is 0. The summed E-state index contributed by atoms with van der Waals surface area (Å²) in [5.41, 5.74) is 2.74. The van der Waals surface area contributed by atoms with E-state index in [-0.39, 0.29) is 18.4 Å². The van der Waals surface area contributed by atoms with Gasteiger partial charge in [0.05, 0.1) is 25.3 Å². The second-order valence-corrected chi connectivity index (χ2v) is 7.09. The van der Waals surface area contributed by atoms with Crippen LogP contribution in [-0.4, -0.2) is 29.4 Å². The van der Waals surface area contributed by atoms with Crippen molar-refractivity contribution >= 4 is 5.91 Å². The number of nitrogens with zero attached hydrogens (tertiary/aromatic N) is 2. The second-order valence-electron chi connectivity index (χ2n) is 7.09.